The molecule has 0 saturated heterocycles. The zero-order valence-corrected chi connectivity index (χ0v) is 20.5. The standard InChI is InChI=1S/C27H42O6/c1-3-5-7-9-11-12-14-16-19-32-26(30)23-18-17-22(25(28)29)21-24(23)27(31)33-20-15-13-10-8-6-4-2/h17-18,21H,3-16,19-20H2,1-2H3,(H,28,29). The van der Waals surface area contributed by atoms with Crippen LogP contribution in [0.4, 0.5) is 0 Å². The van der Waals surface area contributed by atoms with E-state index < -0.39 is 17.9 Å². The molecule has 0 saturated carbocycles. The molecule has 0 aliphatic rings. The van der Waals surface area contributed by atoms with Crippen LogP contribution >= 0.6 is 0 Å². The van der Waals surface area contributed by atoms with E-state index in [0.29, 0.717) is 0 Å². The Balaban J connectivity index is 2.53. The lowest BCUT2D eigenvalue weighted by Gasteiger charge is -2.11. The number of ether oxygens (including phenoxy) is 2. The highest BCUT2D eigenvalue weighted by Gasteiger charge is 2.21. The third kappa shape index (κ3) is 12.4. The van der Waals surface area contributed by atoms with Crippen LogP contribution in [0.25, 0.3) is 0 Å². The van der Waals surface area contributed by atoms with Crippen molar-refractivity contribution in [1.82, 2.24) is 0 Å². The molecule has 6 heteroatoms. The highest BCUT2D eigenvalue weighted by atomic mass is 16.5. The fourth-order valence-electron chi connectivity index (χ4n) is 3.63. The number of carboxylic acid groups (broad SMARTS) is 1. The molecule has 0 aliphatic heterocycles. The molecule has 0 heterocycles. The van der Waals surface area contributed by atoms with Crippen molar-refractivity contribution in [3.8, 4) is 0 Å². The smallest absolute Gasteiger partial charge is 0.339 e. The largest absolute Gasteiger partial charge is 0.478 e. The third-order valence-electron chi connectivity index (χ3n) is 5.67. The molecule has 1 aromatic carbocycles. The van der Waals surface area contributed by atoms with Crippen LogP contribution in [0.1, 0.15) is 135 Å². The topological polar surface area (TPSA) is 89.9 Å². The summed E-state index contributed by atoms with van der Waals surface area (Å²) >= 11 is 0. The van der Waals surface area contributed by atoms with Crippen LogP contribution in [0.3, 0.4) is 0 Å². The Kier molecular flexibility index (Phi) is 15.7. The summed E-state index contributed by atoms with van der Waals surface area (Å²) in [4.78, 5) is 36.5. The molecule has 0 atom stereocenters. The molecular weight excluding hydrogens is 420 g/mol. The van der Waals surface area contributed by atoms with Gasteiger partial charge in [-0.15, -0.1) is 0 Å². The number of rotatable bonds is 19. The van der Waals surface area contributed by atoms with E-state index >= 15 is 0 Å². The van der Waals surface area contributed by atoms with Gasteiger partial charge in [-0.3, -0.25) is 0 Å². The van der Waals surface area contributed by atoms with Crippen molar-refractivity contribution in [2.24, 2.45) is 0 Å². The normalized spacial score (nSPS) is 10.7. The molecule has 0 bridgehead atoms. The number of hydrogen-bond acceptors (Lipinski definition) is 5. The number of benzene rings is 1. The lowest BCUT2D eigenvalue weighted by atomic mass is 10.0. The average Bonchev–Trinajstić information content (AvgIpc) is 2.81. The van der Waals surface area contributed by atoms with Crippen LogP contribution in [0.15, 0.2) is 18.2 Å². The molecule has 0 amide bonds. The molecule has 0 aliphatic carbocycles. The van der Waals surface area contributed by atoms with Gasteiger partial charge < -0.3 is 14.6 Å². The van der Waals surface area contributed by atoms with Crippen LogP contribution in [0, 0.1) is 0 Å². The van der Waals surface area contributed by atoms with Crippen molar-refractivity contribution in [2.45, 2.75) is 104 Å². The maximum atomic E-state index is 12.6. The Morgan fingerprint density at radius 2 is 1.06 bits per heavy atom. The molecule has 6 nitrogen and oxygen atoms in total. The predicted molar refractivity (Wildman–Crippen MR) is 130 cm³/mol. The lowest BCUT2D eigenvalue weighted by Crippen LogP contribution is -2.16. The van der Waals surface area contributed by atoms with Gasteiger partial charge in [0.05, 0.1) is 29.9 Å². The predicted octanol–water partition coefficient (Wildman–Crippen LogP) is 7.20. The molecule has 186 valence electrons. The van der Waals surface area contributed by atoms with Gasteiger partial charge in [0, 0.05) is 0 Å². The zero-order valence-electron chi connectivity index (χ0n) is 20.5. The first-order valence-electron chi connectivity index (χ1n) is 12.7. The number of esters is 2. The Morgan fingerprint density at radius 1 is 0.636 bits per heavy atom. The Hall–Kier alpha value is -2.37. The second kappa shape index (κ2) is 18.1. The summed E-state index contributed by atoms with van der Waals surface area (Å²) in [5.41, 5.74) is -0.0737. The Morgan fingerprint density at radius 3 is 1.52 bits per heavy atom. The summed E-state index contributed by atoms with van der Waals surface area (Å²) in [6.07, 6.45) is 15.4. The van der Waals surface area contributed by atoms with Gasteiger partial charge in [0.15, 0.2) is 0 Å². The van der Waals surface area contributed by atoms with Gasteiger partial charge >= 0.3 is 17.9 Å². The van der Waals surface area contributed by atoms with Crippen LogP contribution in [0.2, 0.25) is 0 Å². The second-order valence-corrected chi connectivity index (χ2v) is 8.58. The van der Waals surface area contributed by atoms with Crippen molar-refractivity contribution in [1.29, 1.82) is 0 Å². The zero-order chi connectivity index (χ0) is 24.3. The number of hydrogen-bond donors (Lipinski definition) is 1. The van der Waals surface area contributed by atoms with Gasteiger partial charge in [0.2, 0.25) is 0 Å². The summed E-state index contributed by atoms with van der Waals surface area (Å²) in [7, 11) is 0. The van der Waals surface area contributed by atoms with E-state index in [4.69, 9.17) is 9.47 Å². The molecule has 0 fully saturated rings. The molecule has 0 aromatic heterocycles. The summed E-state index contributed by atoms with van der Waals surface area (Å²) in [5, 5.41) is 9.26. The highest BCUT2D eigenvalue weighted by Crippen LogP contribution is 2.17. The maximum absolute atomic E-state index is 12.6. The third-order valence-corrected chi connectivity index (χ3v) is 5.67. The minimum absolute atomic E-state index is 0.0486. The first-order valence-corrected chi connectivity index (χ1v) is 12.7. The van der Waals surface area contributed by atoms with E-state index in [1.54, 1.807) is 0 Å². The monoisotopic (exact) mass is 462 g/mol. The second-order valence-electron chi connectivity index (χ2n) is 8.58. The number of carbonyl (C=O) groups is 3. The summed E-state index contributed by atoms with van der Waals surface area (Å²) < 4.78 is 10.7. The van der Waals surface area contributed by atoms with Gasteiger partial charge in [0.25, 0.3) is 0 Å². The number of carboxylic acids is 1. The van der Waals surface area contributed by atoms with Crippen molar-refractivity contribution in [3.05, 3.63) is 34.9 Å². The average molecular weight is 463 g/mol. The van der Waals surface area contributed by atoms with Crippen molar-refractivity contribution in [2.75, 3.05) is 13.2 Å². The van der Waals surface area contributed by atoms with Crippen LogP contribution in [-0.2, 0) is 9.47 Å². The summed E-state index contributed by atoms with van der Waals surface area (Å²) in [6.45, 7) is 4.88. The van der Waals surface area contributed by atoms with Gasteiger partial charge in [0.1, 0.15) is 0 Å². The van der Waals surface area contributed by atoms with E-state index in [0.717, 1.165) is 38.5 Å². The van der Waals surface area contributed by atoms with Gasteiger partial charge in [-0.05, 0) is 31.0 Å². The van der Waals surface area contributed by atoms with Gasteiger partial charge in [-0.2, -0.15) is 0 Å². The fourth-order valence-corrected chi connectivity index (χ4v) is 3.63. The van der Waals surface area contributed by atoms with Crippen LogP contribution in [-0.4, -0.2) is 36.2 Å². The van der Waals surface area contributed by atoms with Crippen LogP contribution < -0.4 is 0 Å². The van der Waals surface area contributed by atoms with Crippen molar-refractivity contribution < 1.29 is 29.0 Å². The Bertz CT molecular complexity index is 713. The minimum atomic E-state index is -1.17. The molecule has 0 spiro atoms. The number of unbranched alkanes of at least 4 members (excludes halogenated alkanes) is 12. The van der Waals surface area contributed by atoms with Crippen molar-refractivity contribution >= 4 is 17.9 Å². The fraction of sp³-hybridized carbons (Fsp3) is 0.667. The molecular formula is C27H42O6. The lowest BCUT2D eigenvalue weighted by molar-refractivity contribution is 0.0450. The number of aromatic carboxylic acids is 1. The quantitative estimate of drug-likeness (QED) is 0.173. The molecule has 0 radical (unpaired) electrons. The van der Waals surface area contributed by atoms with E-state index in [1.807, 2.05) is 0 Å². The van der Waals surface area contributed by atoms with Gasteiger partial charge in [-0.1, -0.05) is 90.9 Å². The molecule has 1 N–H and O–H groups in total. The minimum Gasteiger partial charge on any atom is -0.478 e. The van der Waals surface area contributed by atoms with E-state index in [2.05, 4.69) is 13.8 Å². The molecule has 1 aromatic rings. The highest BCUT2D eigenvalue weighted by molar-refractivity contribution is 6.05. The first-order chi connectivity index (χ1) is 16.0. The maximum Gasteiger partial charge on any atom is 0.339 e. The van der Waals surface area contributed by atoms with Crippen molar-refractivity contribution in [3.63, 3.8) is 0 Å². The van der Waals surface area contributed by atoms with Gasteiger partial charge in [-0.25, -0.2) is 14.4 Å². The van der Waals surface area contributed by atoms with E-state index in [9.17, 15) is 19.5 Å². The summed E-state index contributed by atoms with van der Waals surface area (Å²) in [5.74, 6) is -2.48. The SMILES string of the molecule is CCCCCCCCCCOC(=O)c1ccc(C(=O)O)cc1C(=O)OCCCCCCCC. The molecule has 1 rings (SSSR count). The van der Waals surface area contributed by atoms with Crippen LogP contribution in [0.5, 0.6) is 0 Å². The Labute approximate surface area is 199 Å². The molecule has 0 unspecified atom stereocenters. The first kappa shape index (κ1) is 28.7. The number of carbonyl (C=O) groups excluding carboxylic acids is 2. The molecule has 33 heavy (non-hydrogen) atoms. The van der Waals surface area contributed by atoms with E-state index in [-0.39, 0.29) is 29.9 Å². The summed E-state index contributed by atoms with van der Waals surface area (Å²) in [6, 6.07) is 3.83. The van der Waals surface area contributed by atoms with E-state index in [1.165, 1.54) is 69.6 Å².